The van der Waals surface area contributed by atoms with E-state index in [9.17, 15) is 0 Å². The highest BCUT2D eigenvalue weighted by Crippen LogP contribution is 2.26. The molecule has 0 N–H and O–H groups in total. The van der Waals surface area contributed by atoms with Gasteiger partial charge in [-0.3, -0.25) is 0 Å². The highest BCUT2D eigenvalue weighted by molar-refractivity contribution is 4.65. The first kappa shape index (κ1) is 20.0. The lowest BCUT2D eigenvalue weighted by molar-refractivity contribution is 0.318. The lowest BCUT2D eigenvalue weighted by Gasteiger charge is -2.21. The van der Waals surface area contributed by atoms with Crippen molar-refractivity contribution in [3.63, 3.8) is 0 Å². The summed E-state index contributed by atoms with van der Waals surface area (Å²) in [7, 11) is 0. The summed E-state index contributed by atoms with van der Waals surface area (Å²) in [5.41, 5.74) is 0. The fourth-order valence-corrected chi connectivity index (χ4v) is 3.33. The molecule has 0 bridgehead atoms. The molecule has 0 aromatic rings. The summed E-state index contributed by atoms with van der Waals surface area (Å²) in [4.78, 5) is 0. The van der Waals surface area contributed by atoms with E-state index >= 15 is 0 Å². The van der Waals surface area contributed by atoms with Gasteiger partial charge in [-0.2, -0.15) is 0 Å². The summed E-state index contributed by atoms with van der Waals surface area (Å²) in [6.07, 6.45) is 20.2. The molecule has 122 valence electrons. The van der Waals surface area contributed by atoms with Gasteiger partial charge in [-0.15, -0.1) is 0 Å². The van der Waals surface area contributed by atoms with E-state index in [1.165, 1.54) is 89.9 Å². The van der Waals surface area contributed by atoms with Gasteiger partial charge < -0.3 is 0 Å². The SMILES string of the molecule is CCCCCCCCC(C)CC(CCCC)CCCC. The first-order valence-electron chi connectivity index (χ1n) is 9.74. The first-order chi connectivity index (χ1) is 9.74. The normalized spacial score (nSPS) is 13.1. The van der Waals surface area contributed by atoms with Crippen LogP contribution in [0.15, 0.2) is 0 Å². The van der Waals surface area contributed by atoms with Crippen LogP contribution in [0.25, 0.3) is 0 Å². The zero-order valence-electron chi connectivity index (χ0n) is 15.1. The van der Waals surface area contributed by atoms with Crippen molar-refractivity contribution in [2.75, 3.05) is 0 Å². The van der Waals surface area contributed by atoms with E-state index < -0.39 is 0 Å². The van der Waals surface area contributed by atoms with E-state index in [-0.39, 0.29) is 0 Å². The molecule has 0 saturated carbocycles. The lowest BCUT2D eigenvalue weighted by Crippen LogP contribution is -2.07. The van der Waals surface area contributed by atoms with Crippen molar-refractivity contribution in [1.82, 2.24) is 0 Å². The van der Waals surface area contributed by atoms with Crippen LogP contribution >= 0.6 is 0 Å². The summed E-state index contributed by atoms with van der Waals surface area (Å²) >= 11 is 0. The van der Waals surface area contributed by atoms with Crippen LogP contribution in [0.1, 0.15) is 118 Å². The van der Waals surface area contributed by atoms with Crippen LogP contribution < -0.4 is 0 Å². The quantitative estimate of drug-likeness (QED) is 0.269. The Morgan fingerprint density at radius 2 is 1.05 bits per heavy atom. The third-order valence-corrected chi connectivity index (χ3v) is 4.72. The Labute approximate surface area is 130 Å². The number of hydrogen-bond donors (Lipinski definition) is 0. The molecule has 0 nitrogen and oxygen atoms in total. The maximum absolute atomic E-state index is 2.50. The molecule has 0 heteroatoms. The van der Waals surface area contributed by atoms with Crippen LogP contribution in [0, 0.1) is 11.8 Å². The summed E-state index contributed by atoms with van der Waals surface area (Å²) in [5.74, 6) is 1.98. The van der Waals surface area contributed by atoms with Gasteiger partial charge in [0.2, 0.25) is 0 Å². The van der Waals surface area contributed by atoms with Crippen molar-refractivity contribution in [2.45, 2.75) is 118 Å². The Hall–Kier alpha value is 0. The van der Waals surface area contributed by atoms with Crippen LogP contribution in [0.3, 0.4) is 0 Å². The molecule has 0 aromatic heterocycles. The highest BCUT2D eigenvalue weighted by atomic mass is 14.2. The van der Waals surface area contributed by atoms with Gasteiger partial charge in [-0.05, 0) is 18.3 Å². The Morgan fingerprint density at radius 1 is 0.550 bits per heavy atom. The van der Waals surface area contributed by atoms with Gasteiger partial charge in [0.1, 0.15) is 0 Å². The van der Waals surface area contributed by atoms with Gasteiger partial charge in [-0.1, -0.05) is 111 Å². The van der Waals surface area contributed by atoms with E-state index in [0.29, 0.717) is 0 Å². The zero-order chi connectivity index (χ0) is 15.1. The minimum absolute atomic E-state index is 0.958. The van der Waals surface area contributed by atoms with Crippen molar-refractivity contribution in [3.8, 4) is 0 Å². The van der Waals surface area contributed by atoms with Crippen LogP contribution in [0.4, 0.5) is 0 Å². The van der Waals surface area contributed by atoms with Crippen LogP contribution in [0.5, 0.6) is 0 Å². The van der Waals surface area contributed by atoms with Gasteiger partial charge in [0.05, 0.1) is 0 Å². The van der Waals surface area contributed by atoms with Gasteiger partial charge in [-0.25, -0.2) is 0 Å². The Balaban J connectivity index is 3.67. The third-order valence-electron chi connectivity index (χ3n) is 4.72. The fourth-order valence-electron chi connectivity index (χ4n) is 3.33. The van der Waals surface area contributed by atoms with E-state index in [4.69, 9.17) is 0 Å². The molecule has 0 radical (unpaired) electrons. The molecule has 0 aliphatic heterocycles. The van der Waals surface area contributed by atoms with Crippen LogP contribution in [0.2, 0.25) is 0 Å². The monoisotopic (exact) mass is 282 g/mol. The standard InChI is InChI=1S/C20H42/c1-5-8-11-12-13-14-15-19(4)18-20(16-9-6-2)17-10-7-3/h19-20H,5-18H2,1-4H3. The van der Waals surface area contributed by atoms with E-state index in [2.05, 4.69) is 27.7 Å². The third kappa shape index (κ3) is 13.0. The second kappa shape index (κ2) is 15.4. The first-order valence-corrected chi connectivity index (χ1v) is 9.74. The van der Waals surface area contributed by atoms with E-state index in [1.807, 2.05) is 0 Å². The van der Waals surface area contributed by atoms with Crippen LogP contribution in [-0.2, 0) is 0 Å². The van der Waals surface area contributed by atoms with Gasteiger partial charge in [0.25, 0.3) is 0 Å². The molecule has 0 aliphatic rings. The molecular weight excluding hydrogens is 240 g/mol. The molecule has 1 atom stereocenters. The van der Waals surface area contributed by atoms with Gasteiger partial charge in [0, 0.05) is 0 Å². The summed E-state index contributed by atoms with van der Waals surface area (Å²) in [6.45, 7) is 9.46. The number of rotatable bonds is 15. The lowest BCUT2D eigenvalue weighted by atomic mass is 9.85. The molecular formula is C20H42. The summed E-state index contributed by atoms with van der Waals surface area (Å²) in [5, 5.41) is 0. The molecule has 0 rings (SSSR count). The Morgan fingerprint density at radius 3 is 1.60 bits per heavy atom. The second-order valence-corrected chi connectivity index (χ2v) is 7.05. The molecule has 0 amide bonds. The Bertz CT molecular complexity index is 165. The second-order valence-electron chi connectivity index (χ2n) is 7.05. The molecule has 0 fully saturated rings. The van der Waals surface area contributed by atoms with Crippen molar-refractivity contribution in [2.24, 2.45) is 11.8 Å². The predicted molar refractivity (Wildman–Crippen MR) is 94.3 cm³/mol. The zero-order valence-corrected chi connectivity index (χ0v) is 15.1. The average Bonchev–Trinajstić information content (AvgIpc) is 2.45. The summed E-state index contributed by atoms with van der Waals surface area (Å²) < 4.78 is 0. The number of unbranched alkanes of at least 4 members (excludes halogenated alkanes) is 7. The summed E-state index contributed by atoms with van der Waals surface area (Å²) in [6, 6.07) is 0. The minimum atomic E-state index is 0.958. The van der Waals surface area contributed by atoms with Gasteiger partial charge >= 0.3 is 0 Å². The molecule has 0 saturated heterocycles. The van der Waals surface area contributed by atoms with Crippen molar-refractivity contribution in [3.05, 3.63) is 0 Å². The average molecular weight is 283 g/mol. The van der Waals surface area contributed by atoms with Gasteiger partial charge in [0.15, 0.2) is 0 Å². The smallest absolute Gasteiger partial charge is 0.0412 e. The molecule has 0 spiro atoms. The topological polar surface area (TPSA) is 0 Å². The molecule has 20 heavy (non-hydrogen) atoms. The Kier molecular flexibility index (Phi) is 15.4. The molecule has 0 aliphatic carbocycles. The minimum Gasteiger partial charge on any atom is -0.0654 e. The maximum Gasteiger partial charge on any atom is -0.0412 e. The van der Waals surface area contributed by atoms with E-state index in [1.54, 1.807) is 0 Å². The van der Waals surface area contributed by atoms with Crippen molar-refractivity contribution >= 4 is 0 Å². The van der Waals surface area contributed by atoms with E-state index in [0.717, 1.165) is 11.8 Å². The number of hydrogen-bond acceptors (Lipinski definition) is 0. The molecule has 1 unspecified atom stereocenters. The molecule has 0 heterocycles. The highest BCUT2D eigenvalue weighted by Gasteiger charge is 2.12. The predicted octanol–water partition coefficient (Wildman–Crippen LogP) is 7.76. The van der Waals surface area contributed by atoms with Crippen LogP contribution in [-0.4, -0.2) is 0 Å². The fraction of sp³-hybridized carbons (Fsp3) is 1.00. The molecule has 0 aromatic carbocycles. The van der Waals surface area contributed by atoms with Crippen molar-refractivity contribution < 1.29 is 0 Å². The van der Waals surface area contributed by atoms with Crippen molar-refractivity contribution in [1.29, 1.82) is 0 Å². The largest absolute Gasteiger partial charge is 0.0654 e. The maximum atomic E-state index is 2.50.